The maximum absolute atomic E-state index is 14.3. The van der Waals surface area contributed by atoms with Crippen molar-refractivity contribution >= 4 is 43.7 Å². The van der Waals surface area contributed by atoms with Crippen LogP contribution in [0.5, 0.6) is 0 Å². The quantitative estimate of drug-likeness (QED) is 0.149. The first-order valence-corrected chi connectivity index (χ1v) is 23.8. The molecule has 3 aromatic heterocycles. The fraction of sp³-hybridized carbons (Fsp3) is 0.0656. The van der Waals surface area contributed by atoms with Gasteiger partial charge in [0.25, 0.3) is 0 Å². The lowest BCUT2D eigenvalue weighted by Gasteiger charge is -2.18. The molecule has 3 heterocycles. The highest BCUT2D eigenvalue weighted by atomic mass is 19.4. The number of aromatic nitrogens is 4. The van der Waals surface area contributed by atoms with Crippen molar-refractivity contribution < 1.29 is 57.1 Å². The standard InChI is InChI=1S/C61H32F12N4O/c62-58(63,64)40-24-38(25-41(31-40)59(65,66)67)35-18-21-45-46-22-19-36(39-26-42(60(68,69)70)32-43(27-39)61(71,72)73)30-52(46)77(51(45)29-35)50-23-20-37(44-15-9-16-48-47-14-7-8-17-53(47)78-54(44)48)28-49(50)57-75-55(33-10-3-1-4-11-33)74-56(76-57)34-12-5-2-6-13-34/h1-32H. The fourth-order valence-electron chi connectivity index (χ4n) is 9.86. The molecule has 0 atom stereocenters. The lowest BCUT2D eigenvalue weighted by molar-refractivity contribution is -0.144. The Morgan fingerprint density at radius 2 is 0.744 bits per heavy atom. The van der Waals surface area contributed by atoms with E-state index in [1.165, 1.54) is 36.4 Å². The zero-order valence-corrected chi connectivity index (χ0v) is 39.7. The number of fused-ring (bicyclic) bond motifs is 6. The van der Waals surface area contributed by atoms with Crippen LogP contribution in [0.15, 0.2) is 199 Å². The van der Waals surface area contributed by atoms with Crippen molar-refractivity contribution in [1.82, 2.24) is 19.5 Å². The molecule has 12 rings (SSSR count). The van der Waals surface area contributed by atoms with Crippen LogP contribution < -0.4 is 0 Å². The molecule has 0 aliphatic rings. The van der Waals surface area contributed by atoms with Crippen molar-refractivity contribution in [1.29, 1.82) is 0 Å². The first kappa shape index (κ1) is 49.6. The highest BCUT2D eigenvalue weighted by Crippen LogP contribution is 2.46. The first-order chi connectivity index (χ1) is 37.2. The van der Waals surface area contributed by atoms with E-state index in [2.05, 4.69) is 0 Å². The van der Waals surface area contributed by atoms with E-state index in [4.69, 9.17) is 19.4 Å². The van der Waals surface area contributed by atoms with Crippen molar-refractivity contribution in [3.8, 4) is 73.2 Å². The lowest BCUT2D eigenvalue weighted by Crippen LogP contribution is -2.11. The minimum absolute atomic E-state index is 0.0142. The van der Waals surface area contributed by atoms with Crippen molar-refractivity contribution in [2.75, 3.05) is 0 Å². The van der Waals surface area contributed by atoms with E-state index >= 15 is 0 Å². The van der Waals surface area contributed by atoms with Gasteiger partial charge < -0.3 is 8.98 Å². The molecule has 0 spiro atoms. The Hall–Kier alpha value is -9.25. The normalized spacial score (nSPS) is 12.6. The predicted octanol–water partition coefficient (Wildman–Crippen LogP) is 18.9. The molecule has 0 unspecified atom stereocenters. The van der Waals surface area contributed by atoms with E-state index in [9.17, 15) is 52.7 Å². The van der Waals surface area contributed by atoms with Crippen LogP contribution in [0.1, 0.15) is 22.3 Å². The summed E-state index contributed by atoms with van der Waals surface area (Å²) in [6.45, 7) is 0. The van der Waals surface area contributed by atoms with Gasteiger partial charge in [0.1, 0.15) is 11.2 Å². The van der Waals surface area contributed by atoms with Crippen LogP contribution in [0.3, 0.4) is 0 Å². The largest absolute Gasteiger partial charge is 0.455 e. The second-order valence-corrected chi connectivity index (χ2v) is 18.4. The summed E-state index contributed by atoms with van der Waals surface area (Å²) in [6, 6.07) is 46.9. The molecule has 0 saturated heterocycles. The molecule has 78 heavy (non-hydrogen) atoms. The van der Waals surface area contributed by atoms with E-state index in [0.29, 0.717) is 68.5 Å². The Labute approximate surface area is 433 Å². The average Bonchev–Trinajstić information content (AvgIpc) is 4.20. The Morgan fingerprint density at radius 1 is 0.308 bits per heavy atom. The van der Waals surface area contributed by atoms with Crippen LogP contribution in [0.4, 0.5) is 52.7 Å². The topological polar surface area (TPSA) is 56.7 Å². The third-order valence-corrected chi connectivity index (χ3v) is 13.5. The summed E-state index contributed by atoms with van der Waals surface area (Å²) in [5.41, 5.74) is -3.01. The number of hydrogen-bond acceptors (Lipinski definition) is 4. The van der Waals surface area contributed by atoms with E-state index < -0.39 is 58.1 Å². The molecular weight excluding hydrogens is 1030 g/mol. The molecule has 0 amide bonds. The van der Waals surface area contributed by atoms with Crippen LogP contribution in [0, 0.1) is 0 Å². The smallest absolute Gasteiger partial charge is 0.416 e. The van der Waals surface area contributed by atoms with Crippen LogP contribution in [-0.4, -0.2) is 19.5 Å². The van der Waals surface area contributed by atoms with Gasteiger partial charge in [0.15, 0.2) is 17.5 Å². The minimum Gasteiger partial charge on any atom is -0.455 e. The Kier molecular flexibility index (Phi) is 11.6. The predicted molar refractivity (Wildman–Crippen MR) is 274 cm³/mol. The Morgan fingerprint density at radius 3 is 1.23 bits per heavy atom. The molecule has 386 valence electrons. The number of para-hydroxylation sites is 2. The summed E-state index contributed by atoms with van der Waals surface area (Å²) < 4.78 is 180. The number of rotatable bonds is 7. The average molecular weight is 1060 g/mol. The molecule has 0 bridgehead atoms. The molecule has 0 radical (unpaired) electrons. The summed E-state index contributed by atoms with van der Waals surface area (Å²) in [7, 11) is 0. The molecule has 17 heteroatoms. The van der Waals surface area contributed by atoms with Crippen molar-refractivity contribution in [2.24, 2.45) is 0 Å². The van der Waals surface area contributed by atoms with Gasteiger partial charge in [-0.25, -0.2) is 15.0 Å². The first-order valence-electron chi connectivity index (χ1n) is 23.8. The van der Waals surface area contributed by atoms with E-state index in [1.54, 1.807) is 83.4 Å². The third kappa shape index (κ3) is 9.03. The Bertz CT molecular complexity index is 4070. The van der Waals surface area contributed by atoms with Gasteiger partial charge in [0.2, 0.25) is 0 Å². The number of furan rings is 1. The fourth-order valence-corrected chi connectivity index (χ4v) is 9.86. The highest BCUT2D eigenvalue weighted by molar-refractivity contribution is 6.12. The molecule has 0 N–H and O–H groups in total. The number of halogens is 12. The van der Waals surface area contributed by atoms with Gasteiger partial charge in [-0.15, -0.1) is 0 Å². The summed E-state index contributed by atoms with van der Waals surface area (Å²) in [4.78, 5) is 14.9. The van der Waals surface area contributed by atoms with Gasteiger partial charge in [-0.05, 0) is 94.5 Å². The molecule has 0 fully saturated rings. The number of benzene rings is 9. The van der Waals surface area contributed by atoms with Gasteiger partial charge in [-0.2, -0.15) is 52.7 Å². The molecule has 5 nitrogen and oxygen atoms in total. The molecule has 0 aliphatic heterocycles. The second-order valence-electron chi connectivity index (χ2n) is 18.4. The van der Waals surface area contributed by atoms with Crippen molar-refractivity contribution in [3.63, 3.8) is 0 Å². The molecular formula is C61H32F12N4O. The molecule has 9 aromatic carbocycles. The van der Waals surface area contributed by atoms with Crippen molar-refractivity contribution in [3.05, 3.63) is 216 Å². The molecule has 12 aromatic rings. The summed E-state index contributed by atoms with van der Waals surface area (Å²) in [5.74, 6) is 0.535. The van der Waals surface area contributed by atoms with Crippen LogP contribution in [0.2, 0.25) is 0 Å². The van der Waals surface area contributed by atoms with Gasteiger partial charge in [0.05, 0.1) is 39.0 Å². The third-order valence-electron chi connectivity index (χ3n) is 13.5. The monoisotopic (exact) mass is 1060 g/mol. The zero-order chi connectivity index (χ0) is 54.5. The second kappa shape index (κ2) is 18.2. The lowest BCUT2D eigenvalue weighted by atomic mass is 9.97. The molecule has 0 saturated carbocycles. The van der Waals surface area contributed by atoms with Crippen LogP contribution in [0.25, 0.3) is 117 Å². The van der Waals surface area contributed by atoms with Gasteiger partial charge in [-0.3, -0.25) is 0 Å². The number of alkyl halides is 12. The van der Waals surface area contributed by atoms with E-state index in [1.807, 2.05) is 42.5 Å². The zero-order valence-electron chi connectivity index (χ0n) is 39.7. The van der Waals surface area contributed by atoms with E-state index in [0.717, 1.165) is 10.8 Å². The summed E-state index contributed by atoms with van der Waals surface area (Å²) in [6.07, 6.45) is -20.8. The summed E-state index contributed by atoms with van der Waals surface area (Å²) >= 11 is 0. The van der Waals surface area contributed by atoms with Gasteiger partial charge in [-0.1, -0.05) is 127 Å². The van der Waals surface area contributed by atoms with Gasteiger partial charge in [0, 0.05) is 43.8 Å². The van der Waals surface area contributed by atoms with Gasteiger partial charge >= 0.3 is 24.7 Å². The summed E-state index contributed by atoms with van der Waals surface area (Å²) in [5, 5.41) is 2.35. The number of hydrogen-bond donors (Lipinski definition) is 0. The van der Waals surface area contributed by atoms with E-state index in [-0.39, 0.29) is 63.0 Å². The van der Waals surface area contributed by atoms with Crippen LogP contribution >= 0.6 is 0 Å². The van der Waals surface area contributed by atoms with Crippen molar-refractivity contribution in [2.45, 2.75) is 24.7 Å². The highest BCUT2D eigenvalue weighted by Gasteiger charge is 2.39. The molecule has 0 aliphatic carbocycles. The number of nitrogens with zero attached hydrogens (tertiary/aromatic N) is 4. The van der Waals surface area contributed by atoms with Crippen LogP contribution in [-0.2, 0) is 24.7 Å². The maximum Gasteiger partial charge on any atom is 0.416 e. The minimum atomic E-state index is -5.19. The SMILES string of the molecule is FC(F)(F)c1cc(-c2ccc3c4ccc(-c5cc(C(F)(F)F)cc(C(F)(F)F)c5)cc4n(-c4ccc(-c5cccc6c5oc5ccccc56)cc4-c4nc(-c5ccccc5)nc(-c5ccccc5)n4)c3c2)cc(C(F)(F)F)c1. The maximum atomic E-state index is 14.3. The Balaban J connectivity index is 1.20.